The Bertz CT molecular complexity index is 1240. The third-order valence-corrected chi connectivity index (χ3v) is 8.14. The first kappa shape index (κ1) is 24.4. The lowest BCUT2D eigenvalue weighted by atomic mass is 10.1. The normalized spacial score (nSPS) is 15.2. The molecule has 2 amide bonds. The van der Waals surface area contributed by atoms with Crippen molar-refractivity contribution in [1.82, 2.24) is 14.5 Å². The summed E-state index contributed by atoms with van der Waals surface area (Å²) in [6.45, 7) is 1.46. The second-order valence-corrected chi connectivity index (χ2v) is 11.1. The fourth-order valence-electron chi connectivity index (χ4n) is 3.80. The maximum atomic E-state index is 13.5. The van der Waals surface area contributed by atoms with Crippen LogP contribution in [0, 0.1) is 0 Å². The summed E-state index contributed by atoms with van der Waals surface area (Å²) in [5, 5.41) is 2.22. The molecule has 0 aliphatic carbocycles. The van der Waals surface area contributed by atoms with Crippen LogP contribution in [0.2, 0.25) is 5.02 Å². The minimum atomic E-state index is -4.01. The van der Waals surface area contributed by atoms with E-state index in [1.54, 1.807) is 63.6 Å². The van der Waals surface area contributed by atoms with E-state index in [0.717, 1.165) is 4.88 Å². The maximum absolute atomic E-state index is 13.5. The van der Waals surface area contributed by atoms with Gasteiger partial charge in [-0.25, -0.2) is 8.42 Å². The topological polar surface area (TPSA) is 86.8 Å². The zero-order valence-corrected chi connectivity index (χ0v) is 20.7. The molecule has 0 bridgehead atoms. The van der Waals surface area contributed by atoms with Crippen LogP contribution in [0.1, 0.15) is 16.5 Å². The van der Waals surface area contributed by atoms with Crippen LogP contribution in [0.5, 0.6) is 0 Å². The average molecular weight is 518 g/mol. The van der Waals surface area contributed by atoms with Gasteiger partial charge in [0, 0.05) is 36.1 Å². The first-order valence-corrected chi connectivity index (χ1v) is 13.5. The zero-order valence-electron chi connectivity index (χ0n) is 18.3. The van der Waals surface area contributed by atoms with Crippen molar-refractivity contribution >= 4 is 44.8 Å². The third kappa shape index (κ3) is 5.85. The van der Waals surface area contributed by atoms with E-state index in [9.17, 15) is 18.0 Å². The second kappa shape index (κ2) is 10.7. The van der Waals surface area contributed by atoms with Gasteiger partial charge in [-0.05, 0) is 35.2 Å². The first-order chi connectivity index (χ1) is 16.3. The number of hydrogen-bond acceptors (Lipinski definition) is 5. The van der Waals surface area contributed by atoms with Gasteiger partial charge in [-0.15, -0.1) is 11.3 Å². The van der Waals surface area contributed by atoms with Crippen molar-refractivity contribution in [3.05, 3.63) is 87.6 Å². The molecule has 34 heavy (non-hydrogen) atoms. The molecule has 7 nitrogen and oxygen atoms in total. The lowest BCUT2D eigenvalue weighted by molar-refractivity contribution is -0.140. The van der Waals surface area contributed by atoms with Crippen LogP contribution in [-0.4, -0.2) is 56.2 Å². The van der Waals surface area contributed by atoms with Crippen LogP contribution >= 0.6 is 22.9 Å². The Balaban J connectivity index is 1.48. The van der Waals surface area contributed by atoms with Gasteiger partial charge in [-0.2, -0.15) is 4.72 Å². The monoisotopic (exact) mass is 517 g/mol. The van der Waals surface area contributed by atoms with Gasteiger partial charge in [0.25, 0.3) is 0 Å². The molecule has 1 fully saturated rings. The van der Waals surface area contributed by atoms with Crippen molar-refractivity contribution in [2.45, 2.75) is 17.4 Å². The van der Waals surface area contributed by atoms with Gasteiger partial charge in [-0.3, -0.25) is 9.59 Å². The summed E-state index contributed by atoms with van der Waals surface area (Å²) in [5.41, 5.74) is 0.536. The molecule has 2 heterocycles. The van der Waals surface area contributed by atoms with Gasteiger partial charge in [0.15, 0.2) is 0 Å². The SMILES string of the molecule is O=C(Cc1cccs1)N1CCN(C(=O)C(NS(=O)(=O)c2cccc(Cl)c2)c2ccccc2)CC1. The van der Waals surface area contributed by atoms with Crippen molar-refractivity contribution in [2.75, 3.05) is 26.2 Å². The molecule has 1 unspecified atom stereocenters. The van der Waals surface area contributed by atoms with Gasteiger partial charge in [0.2, 0.25) is 21.8 Å². The second-order valence-electron chi connectivity index (χ2n) is 7.88. The fourth-order valence-corrected chi connectivity index (χ4v) is 5.97. The maximum Gasteiger partial charge on any atom is 0.245 e. The Morgan fingerprint density at radius 1 is 0.941 bits per heavy atom. The minimum Gasteiger partial charge on any atom is -0.339 e. The molecule has 3 aromatic rings. The van der Waals surface area contributed by atoms with E-state index in [1.165, 1.54) is 12.1 Å². The molecule has 2 aromatic carbocycles. The summed E-state index contributed by atoms with van der Waals surface area (Å²) < 4.78 is 28.7. The molecule has 1 aliphatic heterocycles. The number of carbonyl (C=O) groups excluding carboxylic acids is 2. The summed E-state index contributed by atoms with van der Waals surface area (Å²) in [5.74, 6) is -0.335. The van der Waals surface area contributed by atoms with Crippen LogP contribution in [0.3, 0.4) is 0 Å². The van der Waals surface area contributed by atoms with Crippen molar-refractivity contribution in [3.63, 3.8) is 0 Å². The Labute approximate surface area is 208 Å². The number of halogens is 1. The number of amides is 2. The third-order valence-electron chi connectivity index (χ3n) is 5.61. The predicted molar refractivity (Wildman–Crippen MR) is 132 cm³/mol. The van der Waals surface area contributed by atoms with E-state index < -0.39 is 16.1 Å². The number of benzene rings is 2. The number of carbonyl (C=O) groups is 2. The average Bonchev–Trinajstić information content (AvgIpc) is 3.36. The molecular weight excluding hydrogens is 494 g/mol. The van der Waals surface area contributed by atoms with Crippen molar-refractivity contribution in [2.24, 2.45) is 0 Å². The number of nitrogens with zero attached hydrogens (tertiary/aromatic N) is 2. The highest BCUT2D eigenvalue weighted by Gasteiger charge is 2.33. The summed E-state index contributed by atoms with van der Waals surface area (Å²) in [4.78, 5) is 30.4. The quantitative estimate of drug-likeness (QED) is 0.521. The Morgan fingerprint density at radius 3 is 2.29 bits per heavy atom. The molecule has 10 heteroatoms. The fraction of sp³-hybridized carbons (Fsp3) is 0.250. The van der Waals surface area contributed by atoms with E-state index in [-0.39, 0.29) is 21.7 Å². The lowest BCUT2D eigenvalue weighted by Crippen LogP contribution is -2.53. The number of rotatable bonds is 7. The van der Waals surface area contributed by atoms with Gasteiger partial charge >= 0.3 is 0 Å². The molecule has 0 radical (unpaired) electrons. The van der Waals surface area contributed by atoms with Crippen molar-refractivity contribution in [1.29, 1.82) is 0 Å². The number of piperazine rings is 1. The molecule has 1 aromatic heterocycles. The first-order valence-electron chi connectivity index (χ1n) is 10.8. The number of thiophene rings is 1. The molecule has 1 aliphatic rings. The highest BCUT2D eigenvalue weighted by molar-refractivity contribution is 7.89. The van der Waals surface area contributed by atoms with Crippen molar-refractivity contribution in [3.8, 4) is 0 Å². The van der Waals surface area contributed by atoms with Gasteiger partial charge in [0.05, 0.1) is 11.3 Å². The van der Waals surface area contributed by atoms with E-state index in [4.69, 9.17) is 11.6 Å². The summed E-state index contributed by atoms with van der Waals surface area (Å²) in [7, 11) is -4.01. The largest absolute Gasteiger partial charge is 0.339 e. The van der Waals surface area contributed by atoms with Crippen molar-refractivity contribution < 1.29 is 18.0 Å². The number of hydrogen-bond donors (Lipinski definition) is 1. The zero-order chi connectivity index (χ0) is 24.1. The van der Waals surface area contributed by atoms with E-state index in [1.807, 2.05) is 17.5 Å². The standard InChI is InChI=1S/C24H24ClN3O4S2/c25-19-8-4-10-21(16-19)34(31,32)26-23(18-6-2-1-3-7-18)24(30)28-13-11-27(12-14-28)22(29)17-20-9-5-15-33-20/h1-10,15-16,23,26H,11-14,17H2. The lowest BCUT2D eigenvalue weighted by Gasteiger charge is -2.36. The highest BCUT2D eigenvalue weighted by atomic mass is 35.5. The number of nitrogens with one attached hydrogen (secondary N) is 1. The molecular formula is C24H24ClN3O4S2. The predicted octanol–water partition coefficient (Wildman–Crippen LogP) is 3.33. The van der Waals surface area contributed by atoms with E-state index in [0.29, 0.717) is 38.2 Å². The Hall–Kier alpha value is -2.72. The van der Waals surface area contributed by atoms with Gasteiger partial charge in [0.1, 0.15) is 6.04 Å². The number of sulfonamides is 1. The Kier molecular flexibility index (Phi) is 7.67. The molecule has 178 valence electrons. The van der Waals surface area contributed by atoms with Crippen LogP contribution in [0.25, 0.3) is 0 Å². The van der Waals surface area contributed by atoms with Crippen LogP contribution < -0.4 is 4.72 Å². The summed E-state index contributed by atoms with van der Waals surface area (Å²) in [6.07, 6.45) is 0.345. The molecule has 0 saturated carbocycles. The van der Waals surface area contributed by atoms with Crippen LogP contribution in [0.15, 0.2) is 77.0 Å². The molecule has 1 atom stereocenters. The summed E-state index contributed by atoms with van der Waals surface area (Å²) in [6, 6.07) is 17.4. The van der Waals surface area contributed by atoms with E-state index >= 15 is 0 Å². The smallest absolute Gasteiger partial charge is 0.245 e. The van der Waals surface area contributed by atoms with Gasteiger partial charge in [-0.1, -0.05) is 54.1 Å². The minimum absolute atomic E-state index is 0.0160. The van der Waals surface area contributed by atoms with Crippen LogP contribution in [-0.2, 0) is 26.0 Å². The molecule has 1 saturated heterocycles. The molecule has 4 rings (SSSR count). The summed E-state index contributed by atoms with van der Waals surface area (Å²) >= 11 is 7.51. The van der Waals surface area contributed by atoms with E-state index in [2.05, 4.69) is 4.72 Å². The highest BCUT2D eigenvalue weighted by Crippen LogP contribution is 2.22. The van der Waals surface area contributed by atoms with Crippen LogP contribution in [0.4, 0.5) is 0 Å². The Morgan fingerprint density at radius 2 is 1.65 bits per heavy atom. The van der Waals surface area contributed by atoms with Gasteiger partial charge < -0.3 is 9.80 Å². The molecule has 1 N–H and O–H groups in total. The molecule has 0 spiro atoms.